The van der Waals surface area contributed by atoms with E-state index in [1.54, 1.807) is 0 Å². The van der Waals surface area contributed by atoms with Crippen molar-refractivity contribution < 1.29 is 0 Å². The van der Waals surface area contributed by atoms with Gasteiger partial charge in [-0.25, -0.2) is 0 Å². The van der Waals surface area contributed by atoms with Gasteiger partial charge in [0.15, 0.2) is 0 Å². The Hall–Kier alpha value is -1.94. The average Bonchev–Trinajstić information content (AvgIpc) is 2.72. The summed E-state index contributed by atoms with van der Waals surface area (Å²) in [6.45, 7) is 0.837. The molecule has 0 radical (unpaired) electrons. The van der Waals surface area contributed by atoms with Gasteiger partial charge in [0.2, 0.25) is 0 Å². The Morgan fingerprint density at radius 2 is 2.00 bits per heavy atom. The molecule has 1 heterocycles. The third-order valence-electron chi connectivity index (χ3n) is 5.93. The van der Waals surface area contributed by atoms with Crippen molar-refractivity contribution in [3.8, 4) is 0 Å². The van der Waals surface area contributed by atoms with Gasteiger partial charge in [-0.1, -0.05) is 54.8 Å². The van der Waals surface area contributed by atoms with Crippen LogP contribution in [0.2, 0.25) is 5.02 Å². The SMILES string of the molecule is CN[C@@]1(c2ccccc2Cl)CCCC[C@@H]1NCc1ccc2ncccc2c1. The van der Waals surface area contributed by atoms with Crippen molar-refractivity contribution in [1.29, 1.82) is 0 Å². The Balaban J connectivity index is 1.59. The van der Waals surface area contributed by atoms with Crippen LogP contribution < -0.4 is 10.6 Å². The first-order valence-electron chi connectivity index (χ1n) is 9.74. The highest BCUT2D eigenvalue weighted by Crippen LogP contribution is 2.40. The lowest BCUT2D eigenvalue weighted by atomic mass is 9.72. The van der Waals surface area contributed by atoms with Crippen LogP contribution in [0.25, 0.3) is 10.9 Å². The predicted molar refractivity (Wildman–Crippen MR) is 113 cm³/mol. The quantitative estimate of drug-likeness (QED) is 0.652. The Bertz CT molecular complexity index is 926. The van der Waals surface area contributed by atoms with Crippen LogP contribution in [0.15, 0.2) is 60.8 Å². The third kappa shape index (κ3) is 3.60. The number of nitrogens with one attached hydrogen (secondary N) is 2. The minimum atomic E-state index is -0.130. The fourth-order valence-electron chi connectivity index (χ4n) is 4.50. The van der Waals surface area contributed by atoms with E-state index in [9.17, 15) is 0 Å². The zero-order chi connectivity index (χ0) is 18.7. The molecule has 1 aliphatic carbocycles. The van der Waals surface area contributed by atoms with Gasteiger partial charge in [-0.05, 0) is 55.3 Å². The number of aromatic nitrogens is 1. The van der Waals surface area contributed by atoms with Gasteiger partial charge in [0.05, 0.1) is 11.1 Å². The fourth-order valence-corrected chi connectivity index (χ4v) is 4.81. The van der Waals surface area contributed by atoms with Crippen LogP contribution >= 0.6 is 11.6 Å². The van der Waals surface area contributed by atoms with Gasteiger partial charge in [0, 0.05) is 29.2 Å². The van der Waals surface area contributed by atoms with E-state index in [0.717, 1.165) is 29.9 Å². The van der Waals surface area contributed by atoms with Gasteiger partial charge >= 0.3 is 0 Å². The second-order valence-corrected chi connectivity index (χ2v) is 7.82. The molecule has 0 bridgehead atoms. The molecule has 27 heavy (non-hydrogen) atoms. The molecular weight excluding hydrogens is 354 g/mol. The normalized spacial score (nSPS) is 22.8. The van der Waals surface area contributed by atoms with Crippen molar-refractivity contribution in [3.05, 3.63) is 76.9 Å². The molecule has 1 saturated carbocycles. The van der Waals surface area contributed by atoms with E-state index in [0.29, 0.717) is 6.04 Å². The topological polar surface area (TPSA) is 37.0 Å². The van der Waals surface area contributed by atoms with Crippen molar-refractivity contribution in [2.75, 3.05) is 7.05 Å². The molecule has 0 spiro atoms. The maximum absolute atomic E-state index is 6.60. The summed E-state index contributed by atoms with van der Waals surface area (Å²) >= 11 is 6.60. The Morgan fingerprint density at radius 3 is 2.85 bits per heavy atom. The molecule has 0 saturated heterocycles. The molecule has 0 amide bonds. The molecule has 3 nitrogen and oxygen atoms in total. The molecule has 4 rings (SSSR count). The molecule has 2 aromatic carbocycles. The molecule has 140 valence electrons. The second-order valence-electron chi connectivity index (χ2n) is 7.41. The lowest BCUT2D eigenvalue weighted by molar-refractivity contribution is 0.177. The van der Waals surface area contributed by atoms with Gasteiger partial charge in [-0.3, -0.25) is 4.98 Å². The average molecular weight is 380 g/mol. The first kappa shape index (κ1) is 18.4. The van der Waals surface area contributed by atoms with E-state index in [1.165, 1.54) is 29.4 Å². The van der Waals surface area contributed by atoms with Gasteiger partial charge in [0.25, 0.3) is 0 Å². The zero-order valence-corrected chi connectivity index (χ0v) is 16.5. The maximum atomic E-state index is 6.60. The summed E-state index contributed by atoms with van der Waals surface area (Å²) in [5.41, 5.74) is 3.40. The number of pyridine rings is 1. The predicted octanol–water partition coefficient (Wildman–Crippen LogP) is 5.04. The van der Waals surface area contributed by atoms with Gasteiger partial charge in [-0.2, -0.15) is 0 Å². The summed E-state index contributed by atoms with van der Waals surface area (Å²) in [6.07, 6.45) is 6.53. The Morgan fingerprint density at radius 1 is 1.11 bits per heavy atom. The number of hydrogen-bond acceptors (Lipinski definition) is 3. The lowest BCUT2D eigenvalue weighted by Crippen LogP contribution is -2.57. The smallest absolute Gasteiger partial charge is 0.0702 e. The number of fused-ring (bicyclic) bond motifs is 1. The van der Waals surface area contributed by atoms with E-state index in [-0.39, 0.29) is 5.54 Å². The Kier molecular flexibility index (Phi) is 5.44. The molecule has 1 fully saturated rings. The highest BCUT2D eigenvalue weighted by Gasteiger charge is 2.41. The van der Waals surface area contributed by atoms with Crippen molar-refractivity contribution in [2.45, 2.75) is 43.8 Å². The van der Waals surface area contributed by atoms with Crippen LogP contribution in [0.1, 0.15) is 36.8 Å². The van der Waals surface area contributed by atoms with E-state index >= 15 is 0 Å². The van der Waals surface area contributed by atoms with Crippen LogP contribution in [0, 0.1) is 0 Å². The summed E-state index contributed by atoms with van der Waals surface area (Å²) in [5, 5.41) is 9.49. The van der Waals surface area contributed by atoms with E-state index in [1.807, 2.05) is 24.4 Å². The largest absolute Gasteiger partial charge is 0.309 e. The van der Waals surface area contributed by atoms with Crippen LogP contribution in [-0.2, 0) is 12.1 Å². The number of halogens is 1. The van der Waals surface area contributed by atoms with Crippen molar-refractivity contribution in [1.82, 2.24) is 15.6 Å². The van der Waals surface area contributed by atoms with E-state index in [4.69, 9.17) is 11.6 Å². The Labute approximate surface area is 166 Å². The third-order valence-corrected chi connectivity index (χ3v) is 6.26. The molecule has 2 N–H and O–H groups in total. The minimum absolute atomic E-state index is 0.130. The monoisotopic (exact) mass is 379 g/mol. The standard InChI is InChI=1S/C23H26ClN3/c1-25-23(19-8-2-3-9-20(19)24)13-5-4-10-22(23)27-16-17-11-12-21-18(15-17)7-6-14-26-21/h2-3,6-9,11-12,14-15,22,25,27H,4-5,10,13,16H2,1H3/t22-,23+/m0/s1. The second kappa shape index (κ2) is 7.97. The maximum Gasteiger partial charge on any atom is 0.0702 e. The summed E-state index contributed by atoms with van der Waals surface area (Å²) in [4.78, 5) is 4.41. The molecular formula is C23H26ClN3. The van der Waals surface area contributed by atoms with Gasteiger partial charge in [0.1, 0.15) is 0 Å². The highest BCUT2D eigenvalue weighted by atomic mass is 35.5. The van der Waals surface area contributed by atoms with E-state index < -0.39 is 0 Å². The fraction of sp³-hybridized carbons (Fsp3) is 0.348. The van der Waals surface area contributed by atoms with Crippen LogP contribution in [0.4, 0.5) is 0 Å². The van der Waals surface area contributed by atoms with E-state index in [2.05, 4.69) is 59.1 Å². The zero-order valence-electron chi connectivity index (χ0n) is 15.7. The van der Waals surface area contributed by atoms with Gasteiger partial charge in [-0.15, -0.1) is 0 Å². The molecule has 3 aromatic rings. The molecule has 2 atom stereocenters. The minimum Gasteiger partial charge on any atom is -0.309 e. The summed E-state index contributed by atoms with van der Waals surface area (Å²) < 4.78 is 0. The van der Waals surface area contributed by atoms with Crippen LogP contribution in [0.3, 0.4) is 0 Å². The molecule has 0 aliphatic heterocycles. The number of benzene rings is 2. The number of nitrogens with zero attached hydrogens (tertiary/aromatic N) is 1. The first-order chi connectivity index (χ1) is 13.2. The summed E-state index contributed by atoms with van der Waals surface area (Å²) in [5.74, 6) is 0. The van der Waals surface area contributed by atoms with Gasteiger partial charge < -0.3 is 10.6 Å². The summed E-state index contributed by atoms with van der Waals surface area (Å²) in [7, 11) is 2.06. The lowest BCUT2D eigenvalue weighted by Gasteiger charge is -2.45. The number of hydrogen-bond donors (Lipinski definition) is 2. The first-order valence-corrected chi connectivity index (χ1v) is 10.1. The molecule has 1 aliphatic rings. The van der Waals surface area contributed by atoms with Crippen molar-refractivity contribution in [3.63, 3.8) is 0 Å². The molecule has 4 heteroatoms. The highest BCUT2D eigenvalue weighted by molar-refractivity contribution is 6.31. The number of rotatable bonds is 5. The summed E-state index contributed by atoms with van der Waals surface area (Å²) in [6, 6.07) is 19.2. The number of likely N-dealkylation sites (N-methyl/N-ethyl adjacent to an activating group) is 1. The molecule has 0 unspecified atom stereocenters. The molecule has 1 aromatic heterocycles. The van der Waals surface area contributed by atoms with Crippen molar-refractivity contribution in [2.24, 2.45) is 0 Å². The van der Waals surface area contributed by atoms with Crippen molar-refractivity contribution >= 4 is 22.5 Å². The van der Waals surface area contributed by atoms with Crippen LogP contribution in [-0.4, -0.2) is 18.1 Å². The van der Waals surface area contributed by atoms with Crippen LogP contribution in [0.5, 0.6) is 0 Å².